The molecule has 26 heavy (non-hydrogen) atoms. The minimum atomic E-state index is -0.842. The minimum Gasteiger partial charge on any atom is -0.390 e. The van der Waals surface area contributed by atoms with Gasteiger partial charge in [-0.1, -0.05) is 6.07 Å². The monoisotopic (exact) mass is 354 g/mol. The summed E-state index contributed by atoms with van der Waals surface area (Å²) < 4.78 is 0. The van der Waals surface area contributed by atoms with Gasteiger partial charge in [-0.25, -0.2) is 9.97 Å². The van der Waals surface area contributed by atoms with E-state index in [0.29, 0.717) is 19.5 Å². The van der Waals surface area contributed by atoms with Crippen molar-refractivity contribution < 1.29 is 10.2 Å². The third-order valence-electron chi connectivity index (χ3n) is 5.04. The number of aliphatic hydroxyl groups is 2. The Kier molecular flexibility index (Phi) is 4.79. The van der Waals surface area contributed by atoms with Crippen molar-refractivity contribution in [1.82, 2.24) is 29.8 Å². The molecular formula is C18H22N6O2. The van der Waals surface area contributed by atoms with Gasteiger partial charge in [0, 0.05) is 61.2 Å². The summed E-state index contributed by atoms with van der Waals surface area (Å²) in [6.07, 6.45) is 9.26. The zero-order chi connectivity index (χ0) is 17.9. The Balaban J connectivity index is 1.66. The minimum absolute atomic E-state index is 0.0143. The number of rotatable bonds is 6. The molecule has 0 radical (unpaired) electrons. The van der Waals surface area contributed by atoms with Crippen LogP contribution in [-0.2, 0) is 13.1 Å². The number of aromatic amines is 2. The fourth-order valence-electron chi connectivity index (χ4n) is 3.85. The van der Waals surface area contributed by atoms with Gasteiger partial charge in [0.2, 0.25) is 0 Å². The number of hydrogen-bond acceptors (Lipinski definition) is 6. The van der Waals surface area contributed by atoms with Crippen LogP contribution in [0.25, 0.3) is 0 Å². The molecule has 0 unspecified atom stereocenters. The van der Waals surface area contributed by atoms with E-state index in [1.165, 1.54) is 0 Å². The van der Waals surface area contributed by atoms with Crippen molar-refractivity contribution in [3.63, 3.8) is 0 Å². The van der Waals surface area contributed by atoms with Crippen LogP contribution in [0.4, 0.5) is 0 Å². The molecule has 8 heteroatoms. The summed E-state index contributed by atoms with van der Waals surface area (Å²) >= 11 is 0. The molecule has 4 rings (SSSR count). The molecule has 8 nitrogen and oxygen atoms in total. The maximum absolute atomic E-state index is 10.8. The van der Waals surface area contributed by atoms with Crippen LogP contribution in [0.1, 0.15) is 29.3 Å². The van der Waals surface area contributed by atoms with Crippen molar-refractivity contribution in [1.29, 1.82) is 0 Å². The van der Waals surface area contributed by atoms with Gasteiger partial charge in [-0.15, -0.1) is 0 Å². The first-order valence-corrected chi connectivity index (χ1v) is 8.67. The van der Waals surface area contributed by atoms with Crippen LogP contribution in [-0.4, -0.2) is 58.3 Å². The second-order valence-electron chi connectivity index (χ2n) is 6.74. The lowest BCUT2D eigenvalue weighted by Crippen LogP contribution is -2.45. The first-order valence-electron chi connectivity index (χ1n) is 8.67. The molecule has 1 aliphatic rings. The Morgan fingerprint density at radius 1 is 1.00 bits per heavy atom. The van der Waals surface area contributed by atoms with Crippen LogP contribution in [0, 0.1) is 0 Å². The van der Waals surface area contributed by atoms with Gasteiger partial charge in [-0.05, 0) is 18.1 Å². The fraction of sp³-hybridized carbons (Fsp3) is 0.389. The van der Waals surface area contributed by atoms with E-state index in [2.05, 4.69) is 29.8 Å². The highest BCUT2D eigenvalue weighted by Gasteiger charge is 2.45. The SMILES string of the molecule is O[C@H]1[C@H](N(Cc2cnc[nH]2)Cc2cnc[nH]2)[C@@H](c2cccnc2)C[C@H]1O. The van der Waals surface area contributed by atoms with E-state index in [4.69, 9.17) is 0 Å². The second-order valence-corrected chi connectivity index (χ2v) is 6.74. The third-order valence-corrected chi connectivity index (χ3v) is 5.04. The normalized spacial score (nSPS) is 25.8. The molecule has 0 amide bonds. The fourth-order valence-corrected chi connectivity index (χ4v) is 3.85. The topological polar surface area (TPSA) is 114 Å². The number of aliphatic hydroxyl groups excluding tert-OH is 2. The summed E-state index contributed by atoms with van der Waals surface area (Å²) in [5.74, 6) is -0.0143. The molecule has 136 valence electrons. The summed E-state index contributed by atoms with van der Waals surface area (Å²) in [6, 6.07) is 3.64. The number of nitrogens with one attached hydrogen (secondary N) is 2. The number of aromatic nitrogens is 5. The molecule has 1 fully saturated rings. The molecule has 0 saturated heterocycles. The number of hydrogen-bond donors (Lipinski definition) is 4. The third kappa shape index (κ3) is 3.39. The van der Waals surface area contributed by atoms with Gasteiger partial charge in [-0.3, -0.25) is 9.88 Å². The van der Waals surface area contributed by atoms with Crippen LogP contribution in [0.2, 0.25) is 0 Å². The molecule has 3 aromatic heterocycles. The highest BCUT2D eigenvalue weighted by molar-refractivity contribution is 5.22. The first-order chi connectivity index (χ1) is 12.7. The highest BCUT2D eigenvalue weighted by atomic mass is 16.3. The van der Waals surface area contributed by atoms with E-state index in [9.17, 15) is 10.2 Å². The Bertz CT molecular complexity index is 756. The zero-order valence-electron chi connectivity index (χ0n) is 14.2. The Morgan fingerprint density at radius 3 is 2.23 bits per heavy atom. The van der Waals surface area contributed by atoms with E-state index in [0.717, 1.165) is 17.0 Å². The van der Waals surface area contributed by atoms with Gasteiger partial charge in [0.1, 0.15) is 0 Å². The van der Waals surface area contributed by atoms with Crippen LogP contribution in [0.3, 0.4) is 0 Å². The van der Waals surface area contributed by atoms with Gasteiger partial charge in [0.15, 0.2) is 0 Å². The summed E-state index contributed by atoms with van der Waals surface area (Å²) in [6.45, 7) is 1.15. The van der Waals surface area contributed by atoms with Gasteiger partial charge in [0.25, 0.3) is 0 Å². The van der Waals surface area contributed by atoms with Crippen LogP contribution >= 0.6 is 0 Å². The average molecular weight is 354 g/mol. The number of H-pyrrole nitrogens is 2. The molecule has 4 N–H and O–H groups in total. The molecule has 3 aromatic rings. The zero-order valence-corrected chi connectivity index (χ0v) is 14.2. The summed E-state index contributed by atoms with van der Waals surface area (Å²) in [7, 11) is 0. The van der Waals surface area contributed by atoms with Gasteiger partial charge < -0.3 is 20.2 Å². The molecule has 0 aliphatic heterocycles. The molecule has 3 heterocycles. The summed E-state index contributed by atoms with van der Waals surface area (Å²) in [4.78, 5) is 20.8. The van der Waals surface area contributed by atoms with Crippen molar-refractivity contribution in [3.05, 3.63) is 66.5 Å². The van der Waals surface area contributed by atoms with Crippen LogP contribution in [0.15, 0.2) is 49.6 Å². The Hall–Kier alpha value is -2.55. The quantitative estimate of drug-likeness (QED) is 0.521. The number of nitrogens with zero attached hydrogens (tertiary/aromatic N) is 4. The molecular weight excluding hydrogens is 332 g/mol. The lowest BCUT2D eigenvalue weighted by atomic mass is 9.93. The van der Waals surface area contributed by atoms with Crippen molar-refractivity contribution in [2.75, 3.05) is 0 Å². The Morgan fingerprint density at radius 2 is 1.69 bits per heavy atom. The lowest BCUT2D eigenvalue weighted by molar-refractivity contribution is -0.00792. The van der Waals surface area contributed by atoms with Crippen molar-refractivity contribution >= 4 is 0 Å². The maximum Gasteiger partial charge on any atom is 0.0960 e. The average Bonchev–Trinajstić information content (AvgIpc) is 3.39. The van der Waals surface area contributed by atoms with Gasteiger partial charge >= 0.3 is 0 Å². The van der Waals surface area contributed by atoms with E-state index >= 15 is 0 Å². The molecule has 1 aliphatic carbocycles. The van der Waals surface area contributed by atoms with E-state index in [1.54, 1.807) is 31.2 Å². The second kappa shape index (κ2) is 7.36. The molecule has 0 spiro atoms. The Labute approximate surface area is 151 Å². The molecule has 1 saturated carbocycles. The standard InChI is InChI=1S/C18H22N6O2/c25-16-4-15(12-2-1-3-19-5-12)17(18(16)26)24(8-13-6-20-10-22-13)9-14-7-21-11-23-14/h1-3,5-7,10-11,15-18,25-26H,4,8-9H2,(H,20,22)(H,21,23)/t15-,16-,17-,18-/m1/s1. The smallest absolute Gasteiger partial charge is 0.0960 e. The maximum atomic E-state index is 10.8. The van der Waals surface area contributed by atoms with E-state index < -0.39 is 12.2 Å². The van der Waals surface area contributed by atoms with Crippen molar-refractivity contribution in [3.8, 4) is 0 Å². The molecule has 0 aromatic carbocycles. The number of imidazole rings is 2. The van der Waals surface area contributed by atoms with Crippen LogP contribution in [0.5, 0.6) is 0 Å². The predicted molar refractivity (Wildman–Crippen MR) is 93.8 cm³/mol. The van der Waals surface area contributed by atoms with Crippen LogP contribution < -0.4 is 0 Å². The first kappa shape index (κ1) is 16.9. The predicted octanol–water partition coefficient (Wildman–Crippen LogP) is 0.808. The highest BCUT2D eigenvalue weighted by Crippen LogP contribution is 2.39. The number of pyridine rings is 1. The van der Waals surface area contributed by atoms with Gasteiger partial charge in [-0.2, -0.15) is 0 Å². The van der Waals surface area contributed by atoms with E-state index in [1.807, 2.05) is 18.3 Å². The molecule has 4 atom stereocenters. The lowest BCUT2D eigenvalue weighted by Gasteiger charge is -2.34. The van der Waals surface area contributed by atoms with Gasteiger partial charge in [0.05, 0.1) is 24.9 Å². The van der Waals surface area contributed by atoms with Crippen molar-refractivity contribution in [2.45, 2.75) is 43.7 Å². The largest absolute Gasteiger partial charge is 0.390 e. The van der Waals surface area contributed by atoms with Crippen molar-refractivity contribution in [2.24, 2.45) is 0 Å². The molecule has 0 bridgehead atoms. The van der Waals surface area contributed by atoms with E-state index in [-0.39, 0.29) is 12.0 Å². The summed E-state index contributed by atoms with van der Waals surface area (Å²) in [5, 5.41) is 21.1. The summed E-state index contributed by atoms with van der Waals surface area (Å²) in [5.41, 5.74) is 2.92.